The number of esters is 1. The number of nitrogens with zero attached hydrogens (tertiary/aromatic N) is 2. The number of sulfonamides is 1. The lowest BCUT2D eigenvalue weighted by Crippen LogP contribution is -2.48. The maximum atomic E-state index is 14.9. The largest absolute Gasteiger partial charge is 0.478 e. The Balaban J connectivity index is 1.36. The highest BCUT2D eigenvalue weighted by molar-refractivity contribution is 7.91. The number of rotatable bonds is 11. The summed E-state index contributed by atoms with van der Waals surface area (Å²) in [7, 11) is -3.96. The average Bonchev–Trinajstić information content (AvgIpc) is 4.01. The summed E-state index contributed by atoms with van der Waals surface area (Å²) in [5.41, 5.74) is -1.28. The molecule has 1 saturated heterocycles. The van der Waals surface area contributed by atoms with E-state index in [2.05, 4.69) is 16.6 Å². The molecule has 7 atom stereocenters. The van der Waals surface area contributed by atoms with Crippen molar-refractivity contribution in [2.75, 3.05) is 13.2 Å². The van der Waals surface area contributed by atoms with Gasteiger partial charge >= 0.3 is 5.97 Å². The second-order valence-corrected chi connectivity index (χ2v) is 19.7. The van der Waals surface area contributed by atoms with E-state index < -0.39 is 50.1 Å². The van der Waals surface area contributed by atoms with Gasteiger partial charge in [-0.1, -0.05) is 50.6 Å². The molecule has 6 rings (SSSR count). The van der Waals surface area contributed by atoms with Crippen LogP contribution in [0.3, 0.4) is 0 Å². The summed E-state index contributed by atoms with van der Waals surface area (Å²) < 4.78 is 45.8. The first kappa shape index (κ1) is 41.9. The van der Waals surface area contributed by atoms with Gasteiger partial charge in [-0.3, -0.25) is 23.9 Å². The van der Waals surface area contributed by atoms with E-state index in [9.17, 15) is 27.6 Å². The van der Waals surface area contributed by atoms with Crippen LogP contribution >= 0.6 is 11.6 Å². The fourth-order valence-corrected chi connectivity index (χ4v) is 9.85. The number of allylic oxidation sites excluding steroid dienone is 2. The smallest absolute Gasteiger partial charge is 0.306 e. The molecule has 4 aliphatic rings. The summed E-state index contributed by atoms with van der Waals surface area (Å²) in [6.07, 6.45) is 6.74. The van der Waals surface area contributed by atoms with E-state index in [-0.39, 0.29) is 67.2 Å². The summed E-state index contributed by atoms with van der Waals surface area (Å²) in [6.45, 7) is 11.6. The second kappa shape index (κ2) is 16.6. The predicted octanol–water partition coefficient (Wildman–Crippen LogP) is 6.96. The number of hydrogen-bond donors (Lipinski definition) is 1. The molecule has 2 aromatic rings. The quantitative estimate of drug-likeness (QED) is 0.186. The molecule has 0 spiro atoms. The molecule has 1 aromatic carbocycles. The van der Waals surface area contributed by atoms with Crippen molar-refractivity contribution in [1.82, 2.24) is 14.6 Å². The number of aromatic nitrogens is 1. The van der Waals surface area contributed by atoms with Crippen LogP contribution in [0.2, 0.25) is 5.02 Å². The van der Waals surface area contributed by atoms with Gasteiger partial charge in [0.1, 0.15) is 6.10 Å². The molecular formula is C42H56ClN3O9S. The number of hydrogen-bond acceptors (Lipinski definition) is 10. The lowest BCUT2D eigenvalue weighted by atomic mass is 9.82. The van der Waals surface area contributed by atoms with Crippen molar-refractivity contribution in [1.29, 1.82) is 0 Å². The molecule has 0 bridgehead atoms. The maximum absolute atomic E-state index is 14.9. The first-order valence-corrected chi connectivity index (χ1v) is 22.0. The minimum absolute atomic E-state index is 0.0201. The summed E-state index contributed by atoms with van der Waals surface area (Å²) in [4.78, 5) is 62.9. The Morgan fingerprint density at radius 2 is 1.88 bits per heavy atom. The van der Waals surface area contributed by atoms with Crippen molar-refractivity contribution in [2.24, 2.45) is 29.1 Å². The predicted molar refractivity (Wildman–Crippen MR) is 213 cm³/mol. The number of carbonyl (C=O) groups is 4. The van der Waals surface area contributed by atoms with Gasteiger partial charge in [0.05, 0.1) is 47.8 Å². The number of amides is 2. The molecular weight excluding hydrogens is 758 g/mol. The topological polar surface area (TPSA) is 158 Å². The summed E-state index contributed by atoms with van der Waals surface area (Å²) in [5, 5.41) is 1.79. The number of halogens is 1. The van der Waals surface area contributed by atoms with Gasteiger partial charge in [-0.2, -0.15) is 4.98 Å². The van der Waals surface area contributed by atoms with Crippen LogP contribution in [-0.2, 0) is 33.9 Å². The molecule has 1 aromatic heterocycles. The minimum atomic E-state index is -3.96. The number of ketones is 1. The van der Waals surface area contributed by atoms with Gasteiger partial charge in [-0.05, 0) is 95.6 Å². The van der Waals surface area contributed by atoms with Crippen LogP contribution in [0.25, 0.3) is 10.8 Å². The number of nitrogens with one attached hydrogen (secondary N) is 1. The van der Waals surface area contributed by atoms with Gasteiger partial charge < -0.3 is 19.1 Å². The van der Waals surface area contributed by atoms with Gasteiger partial charge in [0.15, 0.2) is 5.78 Å². The molecule has 1 N–H and O–H groups in total. The number of fused-ring (bicyclic) bond motifs is 3. The van der Waals surface area contributed by atoms with Crippen molar-refractivity contribution >= 4 is 56.0 Å². The minimum Gasteiger partial charge on any atom is -0.478 e. The molecule has 12 nitrogen and oxygen atoms in total. The van der Waals surface area contributed by atoms with Crippen molar-refractivity contribution in [3.63, 3.8) is 0 Å². The molecule has 56 heavy (non-hydrogen) atoms. The average molecular weight is 814 g/mol. The van der Waals surface area contributed by atoms with E-state index in [4.69, 9.17) is 25.8 Å². The third-order valence-corrected chi connectivity index (χ3v) is 14.5. The van der Waals surface area contributed by atoms with Crippen LogP contribution in [0, 0.1) is 29.1 Å². The van der Waals surface area contributed by atoms with Crippen molar-refractivity contribution in [3.8, 4) is 11.8 Å². The molecule has 2 saturated carbocycles. The van der Waals surface area contributed by atoms with E-state index in [1.807, 2.05) is 32.1 Å². The highest BCUT2D eigenvalue weighted by atomic mass is 35.5. The van der Waals surface area contributed by atoms with Crippen LogP contribution in [0.5, 0.6) is 11.8 Å². The highest BCUT2D eigenvalue weighted by Crippen LogP contribution is 2.58. The molecule has 14 heteroatoms. The Morgan fingerprint density at radius 1 is 1.12 bits per heavy atom. The molecule has 2 aliphatic carbocycles. The number of carbonyl (C=O) groups excluding carboxylic acids is 4. The zero-order valence-corrected chi connectivity index (χ0v) is 34.9. The normalized spacial score (nSPS) is 29.8. The van der Waals surface area contributed by atoms with Crippen LogP contribution in [0.4, 0.5) is 0 Å². The summed E-state index contributed by atoms with van der Waals surface area (Å²) in [5.74, 6) is -2.48. The van der Waals surface area contributed by atoms with Gasteiger partial charge in [-0.25, -0.2) is 8.42 Å². The Labute approximate surface area is 335 Å². The van der Waals surface area contributed by atoms with Crippen LogP contribution in [0.15, 0.2) is 36.4 Å². The lowest BCUT2D eigenvalue weighted by Gasteiger charge is -2.32. The molecule has 0 unspecified atom stereocenters. The molecule has 2 aliphatic heterocycles. The maximum Gasteiger partial charge on any atom is 0.306 e. The van der Waals surface area contributed by atoms with Crippen molar-refractivity contribution in [3.05, 3.63) is 41.4 Å². The zero-order valence-electron chi connectivity index (χ0n) is 33.3. The third-order valence-electron chi connectivity index (χ3n) is 12.0. The number of benzene rings is 1. The third kappa shape index (κ3) is 9.03. The first-order valence-electron chi connectivity index (χ1n) is 20.1. The molecule has 0 radical (unpaired) electrons. The Bertz CT molecular complexity index is 1980. The van der Waals surface area contributed by atoms with Crippen LogP contribution in [-0.4, -0.2) is 78.0 Å². The van der Waals surface area contributed by atoms with E-state index in [1.165, 1.54) is 4.90 Å². The number of pyridine rings is 1. The van der Waals surface area contributed by atoms with Gasteiger partial charge in [-0.15, -0.1) is 0 Å². The Kier molecular flexibility index (Phi) is 12.5. The summed E-state index contributed by atoms with van der Waals surface area (Å²) in [6, 6.07) is 6.12. The SMILES string of the molecule is CCCOc1cc2c(Cl)cccc2c(O[C@@H]2C[C@H]3C(=O)C[C@]4(C(=O)NS(=O)(=O)C5(C)CC5)C[C@H]4/C=C\CC[C@H](C)C[C@@H](C)[C@H](CC(=O)OC(C)C)C(=O)N3C2)n1. The summed E-state index contributed by atoms with van der Waals surface area (Å²) >= 11 is 6.60. The molecule has 2 amide bonds. The number of Topliss-reactive ketones (excluding diaryl/α,β-unsaturated/α-hetero) is 1. The van der Waals surface area contributed by atoms with Crippen LogP contribution in [0.1, 0.15) is 106 Å². The second-order valence-electron chi connectivity index (χ2n) is 17.1. The first-order chi connectivity index (χ1) is 26.5. The Morgan fingerprint density at radius 3 is 2.57 bits per heavy atom. The van der Waals surface area contributed by atoms with E-state index in [1.54, 1.807) is 39.0 Å². The Hall–Kier alpha value is -3.71. The molecule has 306 valence electrons. The van der Waals surface area contributed by atoms with Crippen molar-refractivity contribution < 1.29 is 41.8 Å². The monoisotopic (exact) mass is 813 g/mol. The molecule has 3 heterocycles. The van der Waals surface area contributed by atoms with Gasteiger partial charge in [0, 0.05) is 34.7 Å². The molecule has 3 fully saturated rings. The fourth-order valence-electron chi connectivity index (χ4n) is 8.29. The van der Waals surface area contributed by atoms with Crippen LogP contribution < -0.4 is 14.2 Å². The van der Waals surface area contributed by atoms with E-state index in [0.29, 0.717) is 60.4 Å². The van der Waals surface area contributed by atoms with Gasteiger partial charge in [0.25, 0.3) is 0 Å². The van der Waals surface area contributed by atoms with E-state index in [0.717, 1.165) is 12.8 Å². The van der Waals surface area contributed by atoms with Crippen molar-refractivity contribution in [2.45, 2.75) is 129 Å². The number of ether oxygens (including phenoxy) is 3. The standard InChI is InChI=1S/C42H56ClN3O9S/c1-7-17-53-36-20-32-30(13-10-14-33(32)43)38(44-36)55-29-19-34-35(47)23-42(40(50)45-56(51,52)41(6)15-16-41)22-28(42)12-9-8-11-26(4)18-27(5)31(39(49)46(34)24-29)21-37(48)54-25(2)3/h9-10,12-14,20,25-29,31,34H,7-8,11,15-19,21-24H2,1-6H3,(H,45,50)/b12-9-/t26-,27+,28+,29+,31-,34-,42+/m0/s1. The fraction of sp³-hybridized carbons (Fsp3) is 0.643. The highest BCUT2D eigenvalue weighted by Gasteiger charge is 2.62. The van der Waals surface area contributed by atoms with Gasteiger partial charge in [0.2, 0.25) is 33.6 Å². The van der Waals surface area contributed by atoms with E-state index >= 15 is 0 Å². The zero-order chi connectivity index (χ0) is 40.6. The lowest BCUT2D eigenvalue weighted by molar-refractivity contribution is -0.154.